The molecule has 1 aromatic carbocycles. The van der Waals surface area contributed by atoms with Crippen molar-refractivity contribution in [2.24, 2.45) is 0 Å². The topological polar surface area (TPSA) is 59.8 Å². The molecule has 2 atom stereocenters. The summed E-state index contributed by atoms with van der Waals surface area (Å²) in [7, 11) is 0. The molecule has 5 heteroatoms. The average molecular weight is 327 g/mol. The van der Waals surface area contributed by atoms with Gasteiger partial charge < -0.3 is 14.1 Å². The van der Waals surface area contributed by atoms with Gasteiger partial charge in [0.05, 0.1) is 31.4 Å². The van der Waals surface area contributed by atoms with Gasteiger partial charge in [-0.15, -0.1) is 0 Å². The van der Waals surface area contributed by atoms with Crippen molar-refractivity contribution in [2.45, 2.75) is 25.3 Å². The van der Waals surface area contributed by atoms with E-state index in [9.17, 15) is 9.59 Å². The van der Waals surface area contributed by atoms with Crippen LogP contribution in [0.15, 0.2) is 53.1 Å². The molecule has 0 N–H and O–H groups in total. The number of Topliss-reactive ketones (excluding diaryl/α,β-unsaturated/α-hetero) is 1. The summed E-state index contributed by atoms with van der Waals surface area (Å²) in [4.78, 5) is 27.0. The maximum Gasteiger partial charge on any atom is 0.230 e. The highest BCUT2D eigenvalue weighted by molar-refractivity contribution is 5.94. The fourth-order valence-electron chi connectivity index (χ4n) is 3.00. The van der Waals surface area contributed by atoms with E-state index in [0.29, 0.717) is 25.5 Å². The van der Waals surface area contributed by atoms with Gasteiger partial charge in [0, 0.05) is 13.0 Å². The van der Waals surface area contributed by atoms with Crippen molar-refractivity contribution in [1.82, 2.24) is 4.90 Å². The molecule has 2 heterocycles. The lowest BCUT2D eigenvalue weighted by atomic mass is 9.97. The third-order valence-electron chi connectivity index (χ3n) is 4.40. The predicted molar refractivity (Wildman–Crippen MR) is 88.8 cm³/mol. The van der Waals surface area contributed by atoms with Gasteiger partial charge in [-0.3, -0.25) is 9.59 Å². The lowest BCUT2D eigenvalue weighted by Gasteiger charge is -2.37. The van der Waals surface area contributed by atoms with Crippen molar-refractivity contribution in [3.05, 3.63) is 60.1 Å². The van der Waals surface area contributed by atoms with Crippen LogP contribution in [0.4, 0.5) is 0 Å². The second-order valence-electron chi connectivity index (χ2n) is 6.00. The van der Waals surface area contributed by atoms with E-state index in [4.69, 9.17) is 9.15 Å². The maximum atomic E-state index is 12.9. The van der Waals surface area contributed by atoms with E-state index in [2.05, 4.69) is 0 Å². The average Bonchev–Trinajstić information content (AvgIpc) is 3.16. The molecule has 0 aliphatic carbocycles. The Morgan fingerprint density at radius 2 is 2.00 bits per heavy atom. The quantitative estimate of drug-likeness (QED) is 0.792. The lowest BCUT2D eigenvalue weighted by Crippen LogP contribution is -2.50. The number of ether oxygens (including phenoxy) is 1. The Labute approximate surface area is 141 Å². The van der Waals surface area contributed by atoms with Gasteiger partial charge in [0.2, 0.25) is 5.91 Å². The summed E-state index contributed by atoms with van der Waals surface area (Å²) in [5.74, 6) is -0.00277. The number of ketones is 1. The van der Waals surface area contributed by atoms with Crippen LogP contribution in [0.1, 0.15) is 35.4 Å². The predicted octanol–water partition coefficient (Wildman–Crippen LogP) is 2.88. The molecule has 0 unspecified atom stereocenters. The smallest absolute Gasteiger partial charge is 0.230 e. The Morgan fingerprint density at radius 3 is 2.71 bits per heavy atom. The Hall–Kier alpha value is -2.40. The molecule has 1 aromatic heterocycles. The van der Waals surface area contributed by atoms with Gasteiger partial charge in [-0.25, -0.2) is 0 Å². The largest absolute Gasteiger partial charge is 0.461 e. The van der Waals surface area contributed by atoms with Crippen LogP contribution in [-0.4, -0.2) is 42.4 Å². The molecule has 1 saturated heterocycles. The second-order valence-corrected chi connectivity index (χ2v) is 6.00. The monoisotopic (exact) mass is 327 g/mol. The van der Waals surface area contributed by atoms with Gasteiger partial charge in [-0.1, -0.05) is 30.3 Å². The van der Waals surface area contributed by atoms with Crippen LogP contribution in [0, 0.1) is 0 Å². The highest BCUT2D eigenvalue weighted by Gasteiger charge is 2.32. The molecule has 1 aliphatic heterocycles. The first-order chi connectivity index (χ1) is 11.7. The van der Waals surface area contributed by atoms with Crippen LogP contribution < -0.4 is 0 Å². The number of carbonyl (C=O) groups excluding carboxylic acids is 2. The zero-order chi connectivity index (χ0) is 16.9. The number of carbonyl (C=O) groups is 2. The van der Waals surface area contributed by atoms with Gasteiger partial charge in [0.1, 0.15) is 0 Å². The van der Waals surface area contributed by atoms with E-state index >= 15 is 0 Å². The van der Waals surface area contributed by atoms with Crippen molar-refractivity contribution in [1.29, 1.82) is 0 Å². The standard InChI is InChI=1S/C19H21NO4/c1-14(15-6-3-2-4-7-15)19(22)20-9-11-23-13-16(20)12-17(21)18-8-5-10-24-18/h2-8,10,14,16H,9,11-13H2,1H3/t14-,16-/m1/s1. The van der Waals surface area contributed by atoms with Crippen molar-refractivity contribution in [2.75, 3.05) is 19.8 Å². The minimum atomic E-state index is -0.255. The number of hydrogen-bond donors (Lipinski definition) is 0. The van der Waals surface area contributed by atoms with E-state index in [1.807, 2.05) is 37.3 Å². The number of rotatable bonds is 5. The molecule has 0 radical (unpaired) electrons. The van der Waals surface area contributed by atoms with Crippen LogP contribution in [0.2, 0.25) is 0 Å². The minimum absolute atomic E-state index is 0.0294. The molecule has 1 fully saturated rings. The molecule has 5 nitrogen and oxygen atoms in total. The van der Waals surface area contributed by atoms with Crippen LogP contribution in [0.25, 0.3) is 0 Å². The van der Waals surface area contributed by atoms with Crippen molar-refractivity contribution in [3.63, 3.8) is 0 Å². The first-order valence-electron chi connectivity index (χ1n) is 8.16. The zero-order valence-corrected chi connectivity index (χ0v) is 13.7. The van der Waals surface area contributed by atoms with E-state index < -0.39 is 0 Å². The van der Waals surface area contributed by atoms with E-state index in [1.165, 1.54) is 6.26 Å². The number of nitrogens with zero attached hydrogens (tertiary/aromatic N) is 1. The lowest BCUT2D eigenvalue weighted by molar-refractivity contribution is -0.141. The number of benzene rings is 1. The molecule has 3 rings (SSSR count). The SMILES string of the molecule is C[C@@H](C(=O)N1CCOC[C@H]1CC(=O)c1ccco1)c1ccccc1. The molecule has 24 heavy (non-hydrogen) atoms. The molecule has 0 bridgehead atoms. The fourth-order valence-corrected chi connectivity index (χ4v) is 3.00. The number of furan rings is 1. The normalized spacial score (nSPS) is 19.0. The summed E-state index contributed by atoms with van der Waals surface area (Å²) in [5, 5.41) is 0. The molecule has 126 valence electrons. The van der Waals surface area contributed by atoms with E-state index in [-0.39, 0.29) is 30.1 Å². The molecule has 0 spiro atoms. The van der Waals surface area contributed by atoms with Gasteiger partial charge in [0.25, 0.3) is 0 Å². The van der Waals surface area contributed by atoms with Gasteiger partial charge in [0.15, 0.2) is 11.5 Å². The van der Waals surface area contributed by atoms with Crippen molar-refractivity contribution >= 4 is 11.7 Å². The molecule has 2 aromatic rings. The van der Waals surface area contributed by atoms with Gasteiger partial charge in [-0.2, -0.15) is 0 Å². The van der Waals surface area contributed by atoms with Crippen molar-refractivity contribution in [3.8, 4) is 0 Å². The minimum Gasteiger partial charge on any atom is -0.461 e. The summed E-state index contributed by atoms with van der Waals surface area (Å²) < 4.78 is 10.6. The summed E-state index contributed by atoms with van der Waals surface area (Å²) in [6.45, 7) is 3.28. The Balaban J connectivity index is 1.72. The van der Waals surface area contributed by atoms with Gasteiger partial charge >= 0.3 is 0 Å². The van der Waals surface area contributed by atoms with E-state index in [1.54, 1.807) is 17.0 Å². The molecular weight excluding hydrogens is 306 g/mol. The first kappa shape index (κ1) is 16.5. The zero-order valence-electron chi connectivity index (χ0n) is 13.7. The third-order valence-corrected chi connectivity index (χ3v) is 4.40. The van der Waals surface area contributed by atoms with Crippen LogP contribution in [0.5, 0.6) is 0 Å². The number of amides is 1. The van der Waals surface area contributed by atoms with Crippen LogP contribution in [-0.2, 0) is 9.53 Å². The van der Waals surface area contributed by atoms with E-state index in [0.717, 1.165) is 5.56 Å². The highest BCUT2D eigenvalue weighted by atomic mass is 16.5. The van der Waals surface area contributed by atoms with Gasteiger partial charge in [-0.05, 0) is 24.6 Å². The summed E-state index contributed by atoms with van der Waals surface area (Å²) in [5.41, 5.74) is 0.977. The number of hydrogen-bond acceptors (Lipinski definition) is 4. The summed E-state index contributed by atoms with van der Waals surface area (Å²) in [6, 6.07) is 12.8. The number of morpholine rings is 1. The fraction of sp³-hybridized carbons (Fsp3) is 0.368. The third kappa shape index (κ3) is 3.57. The summed E-state index contributed by atoms with van der Waals surface area (Å²) >= 11 is 0. The highest BCUT2D eigenvalue weighted by Crippen LogP contribution is 2.22. The Bertz CT molecular complexity index is 681. The summed E-state index contributed by atoms with van der Waals surface area (Å²) in [6.07, 6.45) is 1.69. The van der Waals surface area contributed by atoms with Crippen LogP contribution in [0.3, 0.4) is 0 Å². The maximum absolute atomic E-state index is 12.9. The molecule has 1 aliphatic rings. The molecule has 1 amide bonds. The Kier molecular flexibility index (Phi) is 5.11. The second kappa shape index (κ2) is 7.45. The van der Waals surface area contributed by atoms with Crippen molar-refractivity contribution < 1.29 is 18.7 Å². The molecular formula is C19H21NO4. The van der Waals surface area contributed by atoms with Crippen LogP contribution >= 0.6 is 0 Å². The first-order valence-corrected chi connectivity index (χ1v) is 8.16. The molecule has 0 saturated carbocycles. The Morgan fingerprint density at radius 1 is 1.21 bits per heavy atom.